The summed E-state index contributed by atoms with van der Waals surface area (Å²) in [5.74, 6) is 0.618. The summed E-state index contributed by atoms with van der Waals surface area (Å²) < 4.78 is 5.42. The predicted octanol–water partition coefficient (Wildman–Crippen LogP) is 1.65. The molecule has 1 heterocycles. The maximum atomic E-state index is 8.97. The van der Waals surface area contributed by atoms with Crippen LogP contribution in [0.3, 0.4) is 0 Å². The molecule has 14 heavy (non-hydrogen) atoms. The van der Waals surface area contributed by atoms with E-state index in [1.165, 1.54) is 0 Å². The average molecular weight is 196 g/mol. The zero-order chi connectivity index (χ0) is 10.6. The topological polar surface area (TPSA) is 36.3 Å². The number of hydrogen-bond acceptors (Lipinski definition) is 3. The van der Waals surface area contributed by atoms with Crippen LogP contribution in [0, 0.1) is 17.2 Å². The van der Waals surface area contributed by atoms with Crippen molar-refractivity contribution in [1.29, 1.82) is 5.26 Å². The Balaban J connectivity index is 2.54. The third kappa shape index (κ3) is 2.46. The van der Waals surface area contributed by atoms with E-state index in [1.54, 1.807) is 7.11 Å². The first-order chi connectivity index (χ1) is 6.72. The molecule has 1 aliphatic rings. The molecule has 1 aliphatic heterocycles. The fraction of sp³-hybridized carbons (Fsp3) is 0.909. The molecule has 1 fully saturated rings. The second-order valence-electron chi connectivity index (χ2n) is 4.09. The molecule has 0 N–H and O–H groups in total. The number of nitriles is 1. The maximum absolute atomic E-state index is 8.97. The number of piperidine rings is 1. The van der Waals surface area contributed by atoms with Crippen LogP contribution in [0.5, 0.6) is 0 Å². The predicted molar refractivity (Wildman–Crippen MR) is 55.8 cm³/mol. The van der Waals surface area contributed by atoms with Crippen LogP contribution in [0.4, 0.5) is 0 Å². The van der Waals surface area contributed by atoms with Gasteiger partial charge in [-0.05, 0) is 25.3 Å². The van der Waals surface area contributed by atoms with E-state index < -0.39 is 0 Å². The fourth-order valence-electron chi connectivity index (χ4n) is 2.08. The van der Waals surface area contributed by atoms with E-state index in [1.807, 2.05) is 0 Å². The standard InChI is InChI=1S/C11H20N2O/c1-4-10(7-12)13-6-5-9(2)11(8-13)14-3/h9-11H,4-6,8H2,1-3H3. The molecule has 3 nitrogen and oxygen atoms in total. The van der Waals surface area contributed by atoms with Gasteiger partial charge in [0.1, 0.15) is 0 Å². The molecule has 0 aliphatic carbocycles. The lowest BCUT2D eigenvalue weighted by Gasteiger charge is -2.38. The molecule has 1 rings (SSSR count). The highest BCUT2D eigenvalue weighted by atomic mass is 16.5. The van der Waals surface area contributed by atoms with Gasteiger partial charge in [-0.15, -0.1) is 0 Å². The quantitative estimate of drug-likeness (QED) is 0.688. The summed E-state index contributed by atoms with van der Waals surface area (Å²) >= 11 is 0. The van der Waals surface area contributed by atoms with Crippen LogP contribution >= 0.6 is 0 Å². The van der Waals surface area contributed by atoms with Crippen LogP contribution in [-0.4, -0.2) is 37.2 Å². The summed E-state index contributed by atoms with van der Waals surface area (Å²) in [6.07, 6.45) is 2.34. The molecule has 0 aromatic heterocycles. The Morgan fingerprint density at radius 3 is 2.86 bits per heavy atom. The van der Waals surface area contributed by atoms with Gasteiger partial charge in [0.05, 0.1) is 18.2 Å². The Bertz CT molecular complexity index is 212. The highest BCUT2D eigenvalue weighted by Crippen LogP contribution is 2.21. The minimum absolute atomic E-state index is 0.0696. The van der Waals surface area contributed by atoms with Gasteiger partial charge < -0.3 is 4.74 Å². The Morgan fingerprint density at radius 1 is 1.64 bits per heavy atom. The second kappa shape index (κ2) is 5.33. The van der Waals surface area contributed by atoms with Crippen LogP contribution in [0.15, 0.2) is 0 Å². The van der Waals surface area contributed by atoms with Crippen LogP contribution in [0.1, 0.15) is 26.7 Å². The molecule has 80 valence electrons. The molecule has 0 aromatic carbocycles. The number of likely N-dealkylation sites (tertiary alicyclic amines) is 1. The Kier molecular flexibility index (Phi) is 4.37. The number of nitrogens with zero attached hydrogens (tertiary/aromatic N) is 2. The van der Waals surface area contributed by atoms with Crippen LogP contribution in [-0.2, 0) is 4.74 Å². The third-order valence-corrected chi connectivity index (χ3v) is 3.20. The Morgan fingerprint density at radius 2 is 2.36 bits per heavy atom. The van der Waals surface area contributed by atoms with E-state index in [0.29, 0.717) is 12.0 Å². The molecule has 3 atom stereocenters. The molecular weight excluding hydrogens is 176 g/mol. The number of hydrogen-bond donors (Lipinski definition) is 0. The first-order valence-electron chi connectivity index (χ1n) is 5.39. The summed E-state index contributed by atoms with van der Waals surface area (Å²) in [6.45, 7) is 6.23. The van der Waals surface area contributed by atoms with Gasteiger partial charge in [0.2, 0.25) is 0 Å². The zero-order valence-corrected chi connectivity index (χ0v) is 9.36. The van der Waals surface area contributed by atoms with Crippen LogP contribution < -0.4 is 0 Å². The lowest BCUT2D eigenvalue weighted by Crippen LogP contribution is -2.47. The largest absolute Gasteiger partial charge is 0.380 e. The highest BCUT2D eigenvalue weighted by Gasteiger charge is 2.29. The van der Waals surface area contributed by atoms with Crippen molar-refractivity contribution in [3.8, 4) is 6.07 Å². The summed E-state index contributed by atoms with van der Waals surface area (Å²) in [5, 5.41) is 8.97. The lowest BCUT2D eigenvalue weighted by molar-refractivity contribution is -0.0125. The van der Waals surface area contributed by atoms with Gasteiger partial charge in [-0.3, -0.25) is 4.90 Å². The van der Waals surface area contributed by atoms with Crippen molar-refractivity contribution in [3.05, 3.63) is 0 Å². The Hall–Kier alpha value is -0.590. The molecule has 3 heteroatoms. The zero-order valence-electron chi connectivity index (χ0n) is 9.36. The lowest BCUT2D eigenvalue weighted by atomic mass is 9.94. The van der Waals surface area contributed by atoms with Gasteiger partial charge in [0.25, 0.3) is 0 Å². The first-order valence-corrected chi connectivity index (χ1v) is 5.39. The molecule has 3 unspecified atom stereocenters. The number of methoxy groups -OCH3 is 1. The maximum Gasteiger partial charge on any atom is 0.0976 e. The van der Waals surface area contributed by atoms with E-state index in [-0.39, 0.29) is 6.04 Å². The van der Waals surface area contributed by atoms with Crippen molar-refractivity contribution in [2.45, 2.75) is 38.8 Å². The van der Waals surface area contributed by atoms with Gasteiger partial charge >= 0.3 is 0 Å². The Labute approximate surface area is 86.6 Å². The van der Waals surface area contributed by atoms with Crippen molar-refractivity contribution in [2.24, 2.45) is 5.92 Å². The van der Waals surface area contributed by atoms with Crippen LogP contribution in [0.2, 0.25) is 0 Å². The number of ether oxygens (including phenoxy) is 1. The first kappa shape index (κ1) is 11.5. The third-order valence-electron chi connectivity index (χ3n) is 3.20. The molecule has 0 amide bonds. The fourth-order valence-corrected chi connectivity index (χ4v) is 2.08. The SMILES string of the molecule is CCC(C#N)N1CCC(C)C(OC)C1. The van der Waals surface area contributed by atoms with E-state index in [0.717, 1.165) is 25.9 Å². The molecule has 1 saturated heterocycles. The van der Waals surface area contributed by atoms with E-state index in [9.17, 15) is 0 Å². The van der Waals surface area contributed by atoms with Gasteiger partial charge in [0, 0.05) is 13.7 Å². The number of rotatable bonds is 3. The monoisotopic (exact) mass is 196 g/mol. The van der Waals surface area contributed by atoms with E-state index in [2.05, 4.69) is 24.8 Å². The van der Waals surface area contributed by atoms with E-state index in [4.69, 9.17) is 10.00 Å². The van der Waals surface area contributed by atoms with Gasteiger partial charge in [-0.2, -0.15) is 5.26 Å². The van der Waals surface area contributed by atoms with Crippen molar-refractivity contribution in [3.63, 3.8) is 0 Å². The molecule has 0 radical (unpaired) electrons. The molecule has 0 bridgehead atoms. The minimum Gasteiger partial charge on any atom is -0.380 e. The van der Waals surface area contributed by atoms with Gasteiger partial charge in [0.15, 0.2) is 0 Å². The summed E-state index contributed by atoms with van der Waals surface area (Å²) in [5.41, 5.74) is 0. The van der Waals surface area contributed by atoms with Crippen molar-refractivity contribution < 1.29 is 4.74 Å². The van der Waals surface area contributed by atoms with E-state index >= 15 is 0 Å². The van der Waals surface area contributed by atoms with Crippen molar-refractivity contribution >= 4 is 0 Å². The molecule has 0 spiro atoms. The van der Waals surface area contributed by atoms with Crippen LogP contribution in [0.25, 0.3) is 0 Å². The smallest absolute Gasteiger partial charge is 0.0976 e. The van der Waals surface area contributed by atoms with Gasteiger partial charge in [-0.1, -0.05) is 13.8 Å². The normalized spacial score (nSPS) is 31.0. The molecule has 0 saturated carbocycles. The molecule has 0 aromatic rings. The summed E-state index contributed by atoms with van der Waals surface area (Å²) in [6, 6.07) is 2.42. The highest BCUT2D eigenvalue weighted by molar-refractivity contribution is 4.94. The molecular formula is C11H20N2O. The van der Waals surface area contributed by atoms with Crippen molar-refractivity contribution in [1.82, 2.24) is 4.90 Å². The summed E-state index contributed by atoms with van der Waals surface area (Å²) in [7, 11) is 1.76. The second-order valence-corrected chi connectivity index (χ2v) is 4.09. The van der Waals surface area contributed by atoms with Crippen molar-refractivity contribution in [2.75, 3.05) is 20.2 Å². The minimum atomic E-state index is 0.0696. The van der Waals surface area contributed by atoms with Gasteiger partial charge in [-0.25, -0.2) is 0 Å². The average Bonchev–Trinajstić information content (AvgIpc) is 2.22. The summed E-state index contributed by atoms with van der Waals surface area (Å²) in [4.78, 5) is 2.24.